The van der Waals surface area contributed by atoms with E-state index in [1.807, 2.05) is 18.2 Å². The van der Waals surface area contributed by atoms with E-state index in [0.29, 0.717) is 28.8 Å². The maximum absolute atomic E-state index is 13.7. The van der Waals surface area contributed by atoms with Crippen molar-refractivity contribution in [1.82, 2.24) is 4.98 Å². The number of aromatic nitrogens is 1. The highest BCUT2D eigenvalue weighted by atomic mass is 19.1. The Bertz CT molecular complexity index is 1130. The normalized spacial score (nSPS) is 15.5. The number of fused-ring (bicyclic) bond motifs is 2. The number of aryl methyl sites for hydroxylation is 1. The number of carbonyl (C=O) groups excluding carboxylic acids is 2. The molecule has 30 heavy (non-hydrogen) atoms. The van der Waals surface area contributed by atoms with E-state index in [2.05, 4.69) is 12.2 Å². The molecule has 0 aliphatic heterocycles. The van der Waals surface area contributed by atoms with E-state index in [1.54, 1.807) is 6.07 Å². The van der Waals surface area contributed by atoms with Crippen molar-refractivity contribution in [1.29, 1.82) is 0 Å². The summed E-state index contributed by atoms with van der Waals surface area (Å²) < 4.78 is 32.6. The molecular weight excluding hydrogens is 390 g/mol. The van der Waals surface area contributed by atoms with Gasteiger partial charge >= 0.3 is 5.97 Å². The molecule has 0 spiro atoms. The summed E-state index contributed by atoms with van der Waals surface area (Å²) in [5, 5.41) is 2.78. The standard InChI is InChI=1S/C23H20F2N2O3/c1-13-9-10-19-15(11-13)21(14-5-2-3-8-18(14)26-19)23(29)30-12-20(28)27-22-16(24)6-4-7-17(22)25/h2-8,13H,9-12H2,1H3,(H,27,28)/t13-/m0/s1. The molecule has 4 rings (SSSR count). The van der Waals surface area contributed by atoms with Crippen LogP contribution < -0.4 is 5.32 Å². The number of pyridine rings is 1. The lowest BCUT2D eigenvalue weighted by atomic mass is 9.84. The van der Waals surface area contributed by atoms with Crippen LogP contribution in [0.3, 0.4) is 0 Å². The van der Waals surface area contributed by atoms with Gasteiger partial charge in [-0.1, -0.05) is 31.2 Å². The van der Waals surface area contributed by atoms with Crippen molar-refractivity contribution in [2.75, 3.05) is 11.9 Å². The van der Waals surface area contributed by atoms with Crippen LogP contribution in [0.4, 0.5) is 14.5 Å². The number of esters is 1. The van der Waals surface area contributed by atoms with Crippen LogP contribution in [0.1, 0.15) is 35.0 Å². The first-order chi connectivity index (χ1) is 14.4. The monoisotopic (exact) mass is 410 g/mol. The Morgan fingerprint density at radius 1 is 1.13 bits per heavy atom. The van der Waals surface area contributed by atoms with Crippen molar-refractivity contribution in [2.24, 2.45) is 5.92 Å². The molecule has 154 valence electrons. The molecule has 0 unspecified atom stereocenters. The number of anilines is 1. The van der Waals surface area contributed by atoms with Crippen molar-refractivity contribution in [3.05, 3.63) is 70.9 Å². The van der Waals surface area contributed by atoms with Crippen molar-refractivity contribution in [2.45, 2.75) is 26.2 Å². The first kappa shape index (κ1) is 19.9. The van der Waals surface area contributed by atoms with E-state index in [9.17, 15) is 18.4 Å². The molecule has 5 nitrogen and oxygen atoms in total. The van der Waals surface area contributed by atoms with Gasteiger partial charge < -0.3 is 10.1 Å². The van der Waals surface area contributed by atoms with Crippen LogP contribution in [0.15, 0.2) is 42.5 Å². The first-order valence-corrected chi connectivity index (χ1v) is 9.75. The Balaban J connectivity index is 1.58. The van der Waals surface area contributed by atoms with Crippen molar-refractivity contribution < 1.29 is 23.1 Å². The van der Waals surface area contributed by atoms with Gasteiger partial charge in [-0.15, -0.1) is 0 Å². The largest absolute Gasteiger partial charge is 0.452 e. The SMILES string of the molecule is C[C@H]1CCc2nc3ccccc3c(C(=O)OCC(=O)Nc3c(F)cccc3F)c2C1. The van der Waals surface area contributed by atoms with Gasteiger partial charge in [-0.05, 0) is 48.9 Å². The summed E-state index contributed by atoms with van der Waals surface area (Å²) in [6.07, 6.45) is 2.46. The molecule has 2 aromatic carbocycles. The van der Waals surface area contributed by atoms with E-state index in [-0.39, 0.29) is 0 Å². The van der Waals surface area contributed by atoms with E-state index < -0.39 is 35.8 Å². The van der Waals surface area contributed by atoms with Gasteiger partial charge in [0.25, 0.3) is 5.91 Å². The number of hydrogen-bond acceptors (Lipinski definition) is 4. The molecule has 1 aliphatic rings. The summed E-state index contributed by atoms with van der Waals surface area (Å²) in [5.41, 5.74) is 2.25. The van der Waals surface area contributed by atoms with Crippen LogP contribution in [-0.4, -0.2) is 23.5 Å². The molecule has 1 aliphatic carbocycles. The van der Waals surface area contributed by atoms with E-state index in [4.69, 9.17) is 9.72 Å². The maximum Gasteiger partial charge on any atom is 0.339 e. The van der Waals surface area contributed by atoms with Crippen LogP contribution in [0.25, 0.3) is 10.9 Å². The Labute approximate surface area is 172 Å². The number of para-hydroxylation sites is 2. The highest BCUT2D eigenvalue weighted by Gasteiger charge is 2.26. The molecule has 1 aromatic heterocycles. The lowest BCUT2D eigenvalue weighted by Gasteiger charge is -2.24. The quantitative estimate of drug-likeness (QED) is 0.646. The minimum Gasteiger partial charge on any atom is -0.452 e. The number of nitrogens with zero attached hydrogens (tertiary/aromatic N) is 1. The third kappa shape index (κ3) is 3.87. The van der Waals surface area contributed by atoms with Gasteiger partial charge in [-0.3, -0.25) is 9.78 Å². The molecule has 1 N–H and O–H groups in total. The van der Waals surface area contributed by atoms with Gasteiger partial charge in [0, 0.05) is 11.1 Å². The number of rotatable bonds is 4. The Morgan fingerprint density at radius 3 is 2.63 bits per heavy atom. The molecule has 3 aromatic rings. The smallest absolute Gasteiger partial charge is 0.339 e. The summed E-state index contributed by atoms with van der Waals surface area (Å²) >= 11 is 0. The molecule has 0 bridgehead atoms. The second-order valence-corrected chi connectivity index (χ2v) is 7.50. The molecule has 7 heteroatoms. The molecule has 1 atom stereocenters. The highest BCUT2D eigenvalue weighted by molar-refractivity contribution is 6.06. The average Bonchev–Trinajstić information content (AvgIpc) is 2.73. The second kappa shape index (κ2) is 8.18. The maximum atomic E-state index is 13.7. The highest BCUT2D eigenvalue weighted by Crippen LogP contribution is 2.32. The number of halogens is 2. The van der Waals surface area contributed by atoms with Gasteiger partial charge in [0.1, 0.15) is 17.3 Å². The van der Waals surface area contributed by atoms with Crippen LogP contribution in [0.5, 0.6) is 0 Å². The van der Waals surface area contributed by atoms with E-state index in [1.165, 1.54) is 6.07 Å². The third-order valence-corrected chi connectivity index (χ3v) is 5.27. The van der Waals surface area contributed by atoms with Crippen molar-refractivity contribution in [3.63, 3.8) is 0 Å². The Kier molecular flexibility index (Phi) is 5.44. The summed E-state index contributed by atoms with van der Waals surface area (Å²) in [7, 11) is 0. The van der Waals surface area contributed by atoms with Crippen LogP contribution in [0.2, 0.25) is 0 Å². The lowest BCUT2D eigenvalue weighted by Crippen LogP contribution is -2.24. The number of hydrogen-bond donors (Lipinski definition) is 1. The predicted octanol–water partition coefficient (Wildman–Crippen LogP) is 4.43. The number of ether oxygens (including phenoxy) is 1. The molecule has 1 heterocycles. The molecule has 1 amide bonds. The predicted molar refractivity (Wildman–Crippen MR) is 108 cm³/mol. The number of nitrogens with one attached hydrogen (secondary N) is 1. The first-order valence-electron chi connectivity index (χ1n) is 9.75. The zero-order chi connectivity index (χ0) is 21.3. The van der Waals surface area contributed by atoms with E-state index in [0.717, 1.165) is 36.2 Å². The molecule has 0 fully saturated rings. The minimum absolute atomic E-state index is 0.402. The van der Waals surface area contributed by atoms with Crippen LogP contribution in [-0.2, 0) is 22.4 Å². The van der Waals surface area contributed by atoms with Crippen molar-refractivity contribution in [3.8, 4) is 0 Å². The summed E-state index contributed by atoms with van der Waals surface area (Å²) in [6, 6.07) is 10.5. The summed E-state index contributed by atoms with van der Waals surface area (Å²) in [4.78, 5) is 29.8. The number of benzene rings is 2. The van der Waals surface area contributed by atoms with Crippen molar-refractivity contribution >= 4 is 28.5 Å². The summed E-state index contributed by atoms with van der Waals surface area (Å²) in [5.74, 6) is -2.88. The Hall–Kier alpha value is -3.35. The topological polar surface area (TPSA) is 68.3 Å². The van der Waals surface area contributed by atoms with Gasteiger partial charge in [-0.25, -0.2) is 13.6 Å². The zero-order valence-electron chi connectivity index (χ0n) is 16.4. The number of amides is 1. The van der Waals surface area contributed by atoms with Gasteiger partial charge in [0.15, 0.2) is 6.61 Å². The fraction of sp³-hybridized carbons (Fsp3) is 0.261. The van der Waals surface area contributed by atoms with Gasteiger partial charge in [-0.2, -0.15) is 0 Å². The van der Waals surface area contributed by atoms with Gasteiger partial charge in [0.2, 0.25) is 0 Å². The lowest BCUT2D eigenvalue weighted by molar-refractivity contribution is -0.119. The average molecular weight is 410 g/mol. The van der Waals surface area contributed by atoms with Crippen LogP contribution in [0, 0.1) is 17.6 Å². The zero-order valence-corrected chi connectivity index (χ0v) is 16.4. The fourth-order valence-corrected chi connectivity index (χ4v) is 3.79. The second-order valence-electron chi connectivity index (χ2n) is 7.50. The molecule has 0 saturated heterocycles. The summed E-state index contributed by atoms with van der Waals surface area (Å²) in [6.45, 7) is 1.46. The van der Waals surface area contributed by atoms with E-state index >= 15 is 0 Å². The fourth-order valence-electron chi connectivity index (χ4n) is 3.79. The number of carbonyl (C=O) groups is 2. The van der Waals surface area contributed by atoms with Gasteiger partial charge in [0.05, 0.1) is 11.1 Å². The molecular formula is C23H20F2N2O3. The Morgan fingerprint density at radius 2 is 1.87 bits per heavy atom. The van der Waals surface area contributed by atoms with Crippen LogP contribution >= 0.6 is 0 Å². The molecule has 0 radical (unpaired) electrons. The molecule has 0 saturated carbocycles. The third-order valence-electron chi connectivity index (χ3n) is 5.27. The minimum atomic E-state index is -0.905.